The third-order valence-electron chi connectivity index (χ3n) is 0.815. The number of thiocarbonyl (C=S) groups is 1. The van der Waals surface area contributed by atoms with E-state index in [-0.39, 0.29) is 0 Å². The minimum atomic E-state index is 0.682. The molecule has 0 aromatic heterocycles. The van der Waals surface area contributed by atoms with Crippen molar-refractivity contribution in [3.63, 3.8) is 0 Å². The van der Waals surface area contributed by atoms with E-state index in [1.807, 2.05) is 0 Å². The van der Waals surface area contributed by atoms with Gasteiger partial charge in [0.25, 0.3) is 0 Å². The molecule has 1 radical (unpaired) electrons. The fourth-order valence-corrected chi connectivity index (χ4v) is 0.979. The summed E-state index contributed by atoms with van der Waals surface area (Å²) >= 11 is 10.4. The zero-order chi connectivity index (χ0) is 5.98. The number of hydrogen-bond donors (Lipinski definition) is 0. The lowest BCUT2D eigenvalue weighted by molar-refractivity contribution is 1.43. The van der Waals surface area contributed by atoms with Crippen LogP contribution in [0.2, 0.25) is 0 Å². The van der Waals surface area contributed by atoms with Crippen LogP contribution in [0.3, 0.4) is 0 Å². The maximum absolute atomic E-state index is 5.57. The van der Waals surface area contributed by atoms with Crippen LogP contribution in [-0.2, 0) is 0 Å². The smallest absolute Gasteiger partial charge is 0.0420 e. The predicted octanol–water partition coefficient (Wildman–Crippen LogP) is 2.24. The highest BCUT2D eigenvalue weighted by atomic mass is 35.5. The fourth-order valence-electron chi connectivity index (χ4n) is 0.496. The second-order valence-electron chi connectivity index (χ2n) is 1.52. The van der Waals surface area contributed by atoms with Gasteiger partial charge in [0.15, 0.2) is 0 Å². The Morgan fingerprint density at radius 2 is 2.50 bits per heavy atom. The molecule has 0 heterocycles. The summed E-state index contributed by atoms with van der Waals surface area (Å²) in [6.07, 6.45) is 7.16. The van der Waals surface area contributed by atoms with E-state index in [1.165, 1.54) is 0 Å². The zero-order valence-electron chi connectivity index (χ0n) is 4.15. The van der Waals surface area contributed by atoms with Crippen LogP contribution in [0, 0.1) is 6.08 Å². The first-order valence-corrected chi connectivity index (χ1v) is 3.04. The number of rotatable bonds is 0. The Kier molecular flexibility index (Phi) is 1.81. The first-order valence-electron chi connectivity index (χ1n) is 2.25. The van der Waals surface area contributed by atoms with Crippen LogP contribution in [0.1, 0.15) is 6.42 Å². The zero-order valence-corrected chi connectivity index (χ0v) is 5.72. The van der Waals surface area contributed by atoms with Gasteiger partial charge in [0.05, 0.1) is 0 Å². The molecule has 2 heteroatoms. The molecular weight excluding hydrogens is 140 g/mol. The van der Waals surface area contributed by atoms with Gasteiger partial charge >= 0.3 is 0 Å². The molecule has 41 valence electrons. The normalized spacial score (nSPS) is 18.6. The molecule has 0 N–H and O–H groups in total. The van der Waals surface area contributed by atoms with Crippen molar-refractivity contribution in [3.05, 3.63) is 23.3 Å². The number of halogens is 1. The van der Waals surface area contributed by atoms with E-state index in [1.54, 1.807) is 12.2 Å². The van der Waals surface area contributed by atoms with Crippen LogP contribution in [0.4, 0.5) is 0 Å². The molecule has 1 aliphatic rings. The molecule has 0 aromatic rings. The van der Waals surface area contributed by atoms with Gasteiger partial charge in [-0.25, -0.2) is 0 Å². The molecule has 0 aliphatic heterocycles. The van der Waals surface area contributed by atoms with Gasteiger partial charge in [-0.05, 0) is 18.2 Å². The van der Waals surface area contributed by atoms with E-state index in [9.17, 15) is 0 Å². The van der Waals surface area contributed by atoms with Crippen LogP contribution in [0.5, 0.6) is 0 Å². The van der Waals surface area contributed by atoms with E-state index in [2.05, 4.69) is 6.08 Å². The molecule has 0 saturated heterocycles. The molecule has 0 atom stereocenters. The van der Waals surface area contributed by atoms with E-state index >= 15 is 0 Å². The molecule has 1 aliphatic carbocycles. The van der Waals surface area contributed by atoms with Crippen molar-refractivity contribution >= 4 is 28.7 Å². The molecule has 8 heavy (non-hydrogen) atoms. The minimum absolute atomic E-state index is 0.682. The molecule has 0 unspecified atom stereocenters. The summed E-state index contributed by atoms with van der Waals surface area (Å²) in [5.74, 6) is 0. The topological polar surface area (TPSA) is 0 Å². The van der Waals surface area contributed by atoms with Crippen LogP contribution in [0.25, 0.3) is 0 Å². The predicted molar refractivity (Wildman–Crippen MR) is 39.0 cm³/mol. The van der Waals surface area contributed by atoms with Crippen LogP contribution < -0.4 is 0 Å². The lowest BCUT2D eigenvalue weighted by Crippen LogP contribution is -1.90. The summed E-state index contributed by atoms with van der Waals surface area (Å²) in [6, 6.07) is 0. The molecule has 0 amide bonds. The second-order valence-corrected chi connectivity index (χ2v) is 2.48. The van der Waals surface area contributed by atoms with E-state index < -0.39 is 0 Å². The maximum Gasteiger partial charge on any atom is 0.0420 e. The summed E-state index contributed by atoms with van der Waals surface area (Å²) in [5, 5.41) is 0.682. The SMILES string of the molecule is S=C1C=C(Cl)C=[C]C1. The largest absolute Gasteiger partial charge is 0.0845 e. The molecule has 0 saturated carbocycles. The summed E-state index contributed by atoms with van der Waals surface area (Å²) in [7, 11) is 0. The maximum atomic E-state index is 5.57. The van der Waals surface area contributed by atoms with Crippen molar-refractivity contribution in [1.29, 1.82) is 0 Å². The Morgan fingerprint density at radius 3 is 2.88 bits per heavy atom. The Morgan fingerprint density at radius 1 is 1.75 bits per heavy atom. The molecule has 0 aromatic carbocycles. The highest BCUT2D eigenvalue weighted by molar-refractivity contribution is 7.80. The fraction of sp³-hybridized carbons (Fsp3) is 0.167. The van der Waals surface area contributed by atoms with Crippen molar-refractivity contribution < 1.29 is 0 Å². The average molecular weight is 144 g/mol. The van der Waals surface area contributed by atoms with Crippen molar-refractivity contribution in [2.75, 3.05) is 0 Å². The van der Waals surface area contributed by atoms with E-state index in [0.717, 1.165) is 11.3 Å². The number of allylic oxidation sites excluding steroid dienone is 4. The van der Waals surface area contributed by atoms with Gasteiger partial charge in [-0.3, -0.25) is 0 Å². The molecule has 0 fully saturated rings. The highest BCUT2D eigenvalue weighted by Crippen LogP contribution is 2.10. The average Bonchev–Trinajstić information content (AvgIpc) is 1.64. The molecular formula is C6H4ClS. The van der Waals surface area contributed by atoms with Crippen molar-refractivity contribution in [2.24, 2.45) is 0 Å². The summed E-state index contributed by atoms with van der Waals surface area (Å²) in [5.41, 5.74) is 0. The quantitative estimate of drug-likeness (QED) is 0.469. The summed E-state index contributed by atoms with van der Waals surface area (Å²) in [6.45, 7) is 0. The lowest BCUT2D eigenvalue weighted by atomic mass is 10.2. The molecule has 0 nitrogen and oxygen atoms in total. The first-order chi connectivity index (χ1) is 3.79. The Hall–Kier alpha value is -0.140. The van der Waals surface area contributed by atoms with E-state index in [0.29, 0.717) is 5.03 Å². The van der Waals surface area contributed by atoms with Crippen LogP contribution >= 0.6 is 23.8 Å². The van der Waals surface area contributed by atoms with Crippen molar-refractivity contribution in [1.82, 2.24) is 0 Å². The van der Waals surface area contributed by atoms with Crippen LogP contribution in [-0.4, -0.2) is 4.86 Å². The Bertz CT molecular complexity index is 167. The van der Waals surface area contributed by atoms with Gasteiger partial charge < -0.3 is 0 Å². The van der Waals surface area contributed by atoms with Gasteiger partial charge in [0.2, 0.25) is 0 Å². The van der Waals surface area contributed by atoms with Gasteiger partial charge in [-0.15, -0.1) is 0 Å². The minimum Gasteiger partial charge on any atom is -0.0845 e. The first kappa shape index (κ1) is 5.99. The Labute approximate surface area is 58.8 Å². The Balaban J connectivity index is 2.77. The third-order valence-corrected chi connectivity index (χ3v) is 1.30. The summed E-state index contributed by atoms with van der Waals surface area (Å²) in [4.78, 5) is 0.859. The van der Waals surface area contributed by atoms with Crippen LogP contribution in [0.15, 0.2) is 17.2 Å². The monoisotopic (exact) mass is 143 g/mol. The number of hydrogen-bond acceptors (Lipinski definition) is 1. The summed E-state index contributed by atoms with van der Waals surface area (Å²) < 4.78 is 0. The standard InChI is InChI=1S/C6H4ClS/c7-5-2-1-3-6(8)4-5/h2,4H,3H2. The molecule has 0 bridgehead atoms. The molecule has 1 rings (SSSR count). The highest BCUT2D eigenvalue weighted by Gasteiger charge is 1.96. The second kappa shape index (κ2) is 2.42. The lowest BCUT2D eigenvalue weighted by Gasteiger charge is -1.96. The molecule has 0 spiro atoms. The van der Waals surface area contributed by atoms with Crippen molar-refractivity contribution in [2.45, 2.75) is 6.42 Å². The van der Waals surface area contributed by atoms with Gasteiger partial charge in [0, 0.05) is 16.3 Å². The third kappa shape index (κ3) is 1.42. The van der Waals surface area contributed by atoms with Crippen molar-refractivity contribution in [3.8, 4) is 0 Å². The van der Waals surface area contributed by atoms with Gasteiger partial charge in [0.1, 0.15) is 0 Å². The van der Waals surface area contributed by atoms with Gasteiger partial charge in [-0.2, -0.15) is 0 Å². The van der Waals surface area contributed by atoms with E-state index in [4.69, 9.17) is 23.8 Å². The van der Waals surface area contributed by atoms with Gasteiger partial charge in [-0.1, -0.05) is 23.8 Å².